The Hall–Kier alpha value is -1.75. The van der Waals surface area contributed by atoms with Crippen molar-refractivity contribution in [3.63, 3.8) is 0 Å². The number of benzene rings is 1. The van der Waals surface area contributed by atoms with E-state index in [0.717, 1.165) is 6.42 Å². The van der Waals surface area contributed by atoms with Crippen molar-refractivity contribution < 1.29 is 14.3 Å². The summed E-state index contributed by atoms with van der Waals surface area (Å²) in [5, 5.41) is 2.82. The second kappa shape index (κ2) is 5.05. The highest BCUT2D eigenvalue weighted by Crippen LogP contribution is 2.25. The van der Waals surface area contributed by atoms with Crippen LogP contribution in [0.5, 0.6) is 5.75 Å². The highest BCUT2D eigenvalue weighted by Gasteiger charge is 2.23. The average Bonchev–Trinajstić information content (AvgIpc) is 2.82. The van der Waals surface area contributed by atoms with Gasteiger partial charge in [0.15, 0.2) is 0 Å². The van der Waals surface area contributed by atoms with Crippen LogP contribution in [0, 0.1) is 5.92 Å². The number of carbonyl (C=O) groups excluding carboxylic acids is 1. The number of anilines is 2. The van der Waals surface area contributed by atoms with Crippen molar-refractivity contribution >= 4 is 17.3 Å². The van der Waals surface area contributed by atoms with Gasteiger partial charge >= 0.3 is 0 Å². The molecular weight excluding hydrogens is 220 g/mol. The minimum atomic E-state index is -0.0571. The smallest absolute Gasteiger partial charge is 0.229 e. The van der Waals surface area contributed by atoms with Gasteiger partial charge in [0.1, 0.15) is 5.75 Å². The number of nitrogens with one attached hydrogen (secondary N) is 1. The third kappa shape index (κ3) is 2.68. The first-order valence-corrected chi connectivity index (χ1v) is 5.53. The van der Waals surface area contributed by atoms with Gasteiger partial charge in [-0.2, -0.15) is 0 Å². The van der Waals surface area contributed by atoms with Gasteiger partial charge in [-0.1, -0.05) is 0 Å². The fourth-order valence-electron chi connectivity index (χ4n) is 1.80. The van der Waals surface area contributed by atoms with Crippen molar-refractivity contribution in [1.29, 1.82) is 0 Å². The normalized spacial score (nSPS) is 19.0. The molecule has 0 spiro atoms. The molecule has 1 unspecified atom stereocenters. The van der Waals surface area contributed by atoms with Crippen LogP contribution in [0.15, 0.2) is 18.2 Å². The summed E-state index contributed by atoms with van der Waals surface area (Å²) < 4.78 is 10.2. The Kier molecular flexibility index (Phi) is 3.49. The molecule has 0 aromatic heterocycles. The maximum atomic E-state index is 11.8. The monoisotopic (exact) mass is 236 g/mol. The van der Waals surface area contributed by atoms with Gasteiger partial charge in [-0.05, 0) is 24.6 Å². The molecule has 5 heteroatoms. The van der Waals surface area contributed by atoms with E-state index in [2.05, 4.69) is 5.32 Å². The molecule has 0 radical (unpaired) electrons. The molecule has 1 atom stereocenters. The topological polar surface area (TPSA) is 73.6 Å². The lowest BCUT2D eigenvalue weighted by Crippen LogP contribution is -2.22. The summed E-state index contributed by atoms with van der Waals surface area (Å²) in [6.45, 7) is 1.15. The van der Waals surface area contributed by atoms with Crippen molar-refractivity contribution in [1.82, 2.24) is 0 Å². The summed E-state index contributed by atoms with van der Waals surface area (Å²) >= 11 is 0. The SMILES string of the molecule is COc1ccc(NC(=O)C2CCOC2)cc1N. The van der Waals surface area contributed by atoms with Crippen LogP contribution < -0.4 is 15.8 Å². The molecular formula is C12H16N2O3. The molecule has 92 valence electrons. The van der Waals surface area contributed by atoms with Crippen LogP contribution in [0.2, 0.25) is 0 Å². The predicted octanol–water partition coefficient (Wildman–Crippen LogP) is 1.25. The van der Waals surface area contributed by atoms with E-state index in [1.807, 2.05) is 0 Å². The van der Waals surface area contributed by atoms with Crippen molar-refractivity contribution in [2.45, 2.75) is 6.42 Å². The van der Waals surface area contributed by atoms with Crippen LogP contribution in [-0.2, 0) is 9.53 Å². The summed E-state index contributed by atoms with van der Waals surface area (Å²) in [7, 11) is 1.56. The number of rotatable bonds is 3. The van der Waals surface area contributed by atoms with Gasteiger partial charge in [0, 0.05) is 12.3 Å². The van der Waals surface area contributed by atoms with Gasteiger partial charge in [-0.15, -0.1) is 0 Å². The van der Waals surface area contributed by atoms with Crippen LogP contribution >= 0.6 is 0 Å². The Balaban J connectivity index is 2.03. The van der Waals surface area contributed by atoms with Crippen LogP contribution in [0.3, 0.4) is 0 Å². The van der Waals surface area contributed by atoms with Crippen LogP contribution in [0.4, 0.5) is 11.4 Å². The third-order valence-corrected chi connectivity index (χ3v) is 2.80. The first-order chi connectivity index (χ1) is 8.20. The molecule has 5 nitrogen and oxygen atoms in total. The van der Waals surface area contributed by atoms with E-state index in [1.54, 1.807) is 25.3 Å². The first-order valence-electron chi connectivity index (χ1n) is 5.53. The number of hydrogen-bond acceptors (Lipinski definition) is 4. The van der Waals surface area contributed by atoms with Crippen molar-refractivity contribution in [2.24, 2.45) is 5.92 Å². The number of hydrogen-bond donors (Lipinski definition) is 2. The fourth-order valence-corrected chi connectivity index (χ4v) is 1.80. The molecule has 0 bridgehead atoms. The second-order valence-corrected chi connectivity index (χ2v) is 4.01. The summed E-state index contributed by atoms with van der Waals surface area (Å²) in [5.74, 6) is 0.526. The van der Waals surface area contributed by atoms with E-state index in [1.165, 1.54) is 0 Å². The zero-order chi connectivity index (χ0) is 12.3. The molecule has 1 heterocycles. The highest BCUT2D eigenvalue weighted by atomic mass is 16.5. The van der Waals surface area contributed by atoms with E-state index in [4.69, 9.17) is 15.2 Å². The van der Waals surface area contributed by atoms with Gasteiger partial charge in [0.25, 0.3) is 0 Å². The lowest BCUT2D eigenvalue weighted by atomic mass is 10.1. The van der Waals surface area contributed by atoms with Crippen LogP contribution in [0.25, 0.3) is 0 Å². The molecule has 2 rings (SSSR count). The molecule has 0 aliphatic carbocycles. The van der Waals surface area contributed by atoms with Crippen molar-refractivity contribution in [3.05, 3.63) is 18.2 Å². The molecule has 1 amide bonds. The predicted molar refractivity (Wildman–Crippen MR) is 65.0 cm³/mol. The number of nitrogens with two attached hydrogens (primary N) is 1. The van der Waals surface area contributed by atoms with Crippen LogP contribution in [-0.4, -0.2) is 26.2 Å². The largest absolute Gasteiger partial charge is 0.495 e. The molecule has 0 saturated carbocycles. The molecule has 1 aromatic carbocycles. The number of nitrogen functional groups attached to an aromatic ring is 1. The van der Waals surface area contributed by atoms with E-state index in [0.29, 0.717) is 30.3 Å². The van der Waals surface area contributed by atoms with Crippen molar-refractivity contribution in [3.8, 4) is 5.75 Å². The number of carbonyl (C=O) groups is 1. The second-order valence-electron chi connectivity index (χ2n) is 4.01. The molecule has 1 fully saturated rings. The quantitative estimate of drug-likeness (QED) is 0.775. The molecule has 1 aliphatic heterocycles. The number of amides is 1. The number of methoxy groups -OCH3 is 1. The summed E-state index contributed by atoms with van der Waals surface area (Å²) in [4.78, 5) is 11.8. The van der Waals surface area contributed by atoms with E-state index >= 15 is 0 Å². The Morgan fingerprint density at radius 3 is 3.00 bits per heavy atom. The van der Waals surface area contributed by atoms with Gasteiger partial charge in [0.05, 0.1) is 25.3 Å². The summed E-state index contributed by atoms with van der Waals surface area (Å²) in [6, 6.07) is 5.19. The van der Waals surface area contributed by atoms with E-state index in [-0.39, 0.29) is 11.8 Å². The Bertz CT molecular complexity index is 414. The van der Waals surface area contributed by atoms with Gasteiger partial charge < -0.3 is 20.5 Å². The minimum Gasteiger partial charge on any atom is -0.495 e. The lowest BCUT2D eigenvalue weighted by molar-refractivity contribution is -0.119. The first kappa shape index (κ1) is 11.7. The molecule has 1 aliphatic rings. The Morgan fingerprint density at radius 1 is 1.59 bits per heavy atom. The van der Waals surface area contributed by atoms with Crippen molar-refractivity contribution in [2.75, 3.05) is 31.4 Å². The van der Waals surface area contributed by atoms with E-state index < -0.39 is 0 Å². The van der Waals surface area contributed by atoms with Gasteiger partial charge in [-0.25, -0.2) is 0 Å². The third-order valence-electron chi connectivity index (χ3n) is 2.80. The fraction of sp³-hybridized carbons (Fsp3) is 0.417. The Labute approximate surface area is 99.9 Å². The summed E-state index contributed by atoms with van der Waals surface area (Å²) in [5.41, 5.74) is 6.95. The zero-order valence-electron chi connectivity index (χ0n) is 9.73. The molecule has 3 N–H and O–H groups in total. The van der Waals surface area contributed by atoms with Crippen LogP contribution in [0.1, 0.15) is 6.42 Å². The van der Waals surface area contributed by atoms with Gasteiger partial charge in [0.2, 0.25) is 5.91 Å². The van der Waals surface area contributed by atoms with Gasteiger partial charge in [-0.3, -0.25) is 4.79 Å². The maximum Gasteiger partial charge on any atom is 0.229 e. The standard InChI is InChI=1S/C12H16N2O3/c1-16-11-3-2-9(6-10(11)13)14-12(15)8-4-5-17-7-8/h2-3,6,8H,4-5,7,13H2,1H3,(H,14,15). The van der Waals surface area contributed by atoms with E-state index in [9.17, 15) is 4.79 Å². The highest BCUT2D eigenvalue weighted by molar-refractivity contribution is 5.93. The average molecular weight is 236 g/mol. The lowest BCUT2D eigenvalue weighted by Gasteiger charge is -2.11. The molecule has 1 saturated heterocycles. The molecule has 17 heavy (non-hydrogen) atoms. The number of ether oxygens (including phenoxy) is 2. The zero-order valence-corrected chi connectivity index (χ0v) is 9.73. The molecule has 1 aromatic rings. The maximum absolute atomic E-state index is 11.8. The minimum absolute atomic E-state index is 0.0212. The Morgan fingerprint density at radius 2 is 2.41 bits per heavy atom. The summed E-state index contributed by atoms with van der Waals surface area (Å²) in [6.07, 6.45) is 0.775.